The zero-order valence-corrected chi connectivity index (χ0v) is 11.9. The van der Waals surface area contributed by atoms with Gasteiger partial charge in [-0.3, -0.25) is 4.79 Å². The Morgan fingerprint density at radius 3 is 2.76 bits per heavy atom. The second-order valence-corrected chi connectivity index (χ2v) is 6.01. The average Bonchev–Trinajstić information content (AvgIpc) is 2.64. The van der Waals surface area contributed by atoms with Crippen molar-refractivity contribution in [1.82, 2.24) is 5.32 Å². The molecule has 0 radical (unpaired) electrons. The van der Waals surface area contributed by atoms with Crippen molar-refractivity contribution in [2.75, 3.05) is 11.9 Å². The van der Waals surface area contributed by atoms with Gasteiger partial charge in [-0.25, -0.2) is 0 Å². The van der Waals surface area contributed by atoms with E-state index < -0.39 is 0 Å². The first-order chi connectivity index (χ1) is 8.29. The Morgan fingerprint density at radius 1 is 1.24 bits per heavy atom. The van der Waals surface area contributed by atoms with Crippen LogP contribution in [0, 0.1) is 5.92 Å². The van der Waals surface area contributed by atoms with Crippen LogP contribution in [0.2, 0.25) is 0 Å². The van der Waals surface area contributed by atoms with Crippen molar-refractivity contribution in [3.8, 4) is 0 Å². The molecule has 0 aromatic heterocycles. The third-order valence-electron chi connectivity index (χ3n) is 3.87. The van der Waals surface area contributed by atoms with E-state index in [-0.39, 0.29) is 18.1 Å². The van der Waals surface area contributed by atoms with E-state index in [1.807, 2.05) is 0 Å². The molecule has 3 nitrogen and oxygen atoms in total. The highest BCUT2D eigenvalue weighted by atomic mass is 79.9. The maximum absolute atomic E-state index is 11.8. The Balaban J connectivity index is 1.75. The first-order valence-corrected chi connectivity index (χ1v) is 7.88. The van der Waals surface area contributed by atoms with E-state index in [2.05, 4.69) is 21.2 Å². The molecule has 3 fully saturated rings. The van der Waals surface area contributed by atoms with Crippen LogP contribution in [0.4, 0.5) is 0 Å². The third kappa shape index (κ3) is 3.95. The lowest BCUT2D eigenvalue weighted by Crippen LogP contribution is -2.44. The Hall–Kier alpha value is -0.0900. The van der Waals surface area contributed by atoms with Gasteiger partial charge in [0.1, 0.15) is 0 Å². The van der Waals surface area contributed by atoms with Crippen molar-refractivity contribution in [2.24, 2.45) is 5.92 Å². The van der Waals surface area contributed by atoms with Crippen molar-refractivity contribution < 1.29 is 9.53 Å². The van der Waals surface area contributed by atoms with Crippen molar-refractivity contribution in [1.29, 1.82) is 0 Å². The molecule has 1 N–H and O–H groups in total. The SMILES string of the molecule is O=C(CCCCBr)NC1CCC2CCC1OC2. The topological polar surface area (TPSA) is 38.3 Å². The van der Waals surface area contributed by atoms with Crippen LogP contribution < -0.4 is 5.32 Å². The van der Waals surface area contributed by atoms with Crippen LogP contribution in [0.3, 0.4) is 0 Å². The summed E-state index contributed by atoms with van der Waals surface area (Å²) in [5.41, 5.74) is 0. The van der Waals surface area contributed by atoms with Gasteiger partial charge in [0.15, 0.2) is 0 Å². The fourth-order valence-corrected chi connectivity index (χ4v) is 3.19. The lowest BCUT2D eigenvalue weighted by atomic mass is 10.00. The molecule has 0 spiro atoms. The minimum atomic E-state index is 0.199. The molecule has 2 saturated heterocycles. The highest BCUT2D eigenvalue weighted by Gasteiger charge is 2.33. The number of carbonyl (C=O) groups is 1. The number of hydrogen-bond acceptors (Lipinski definition) is 2. The van der Waals surface area contributed by atoms with Gasteiger partial charge in [0, 0.05) is 18.4 Å². The zero-order valence-electron chi connectivity index (χ0n) is 10.3. The van der Waals surface area contributed by atoms with Crippen molar-refractivity contribution >= 4 is 21.8 Å². The van der Waals surface area contributed by atoms with E-state index in [1.165, 1.54) is 12.8 Å². The summed E-state index contributed by atoms with van der Waals surface area (Å²) in [5.74, 6) is 0.937. The molecular formula is C13H22BrNO2. The number of amides is 1. The van der Waals surface area contributed by atoms with E-state index >= 15 is 0 Å². The van der Waals surface area contributed by atoms with Crippen LogP contribution >= 0.6 is 15.9 Å². The number of unbranched alkanes of at least 4 members (excludes halogenated alkanes) is 1. The normalized spacial score (nSPS) is 32.2. The molecule has 0 aromatic rings. The van der Waals surface area contributed by atoms with Gasteiger partial charge in [0.2, 0.25) is 5.91 Å². The van der Waals surface area contributed by atoms with Gasteiger partial charge in [-0.2, -0.15) is 0 Å². The third-order valence-corrected chi connectivity index (χ3v) is 4.43. The molecule has 0 aromatic carbocycles. The Kier molecular flexibility index (Phi) is 5.29. The van der Waals surface area contributed by atoms with Crippen LogP contribution in [0.1, 0.15) is 44.9 Å². The molecule has 3 atom stereocenters. The molecule has 98 valence electrons. The maximum atomic E-state index is 11.8. The molecule has 17 heavy (non-hydrogen) atoms. The van der Waals surface area contributed by atoms with E-state index in [1.54, 1.807) is 0 Å². The summed E-state index contributed by atoms with van der Waals surface area (Å²) in [6.07, 6.45) is 7.67. The molecule has 3 aliphatic rings. The average molecular weight is 304 g/mol. The highest BCUT2D eigenvalue weighted by molar-refractivity contribution is 9.09. The van der Waals surface area contributed by atoms with Gasteiger partial charge in [0.25, 0.3) is 0 Å². The monoisotopic (exact) mass is 303 g/mol. The van der Waals surface area contributed by atoms with Gasteiger partial charge in [-0.1, -0.05) is 15.9 Å². The van der Waals surface area contributed by atoms with E-state index in [4.69, 9.17) is 4.74 Å². The molecule has 2 heterocycles. The predicted molar refractivity (Wildman–Crippen MR) is 71.3 cm³/mol. The quantitative estimate of drug-likeness (QED) is 0.626. The van der Waals surface area contributed by atoms with Gasteiger partial charge < -0.3 is 10.1 Å². The molecular weight excluding hydrogens is 282 g/mol. The number of fused-ring (bicyclic) bond motifs is 4. The Bertz CT molecular complexity index is 252. The molecule has 1 amide bonds. The molecule has 1 saturated carbocycles. The fourth-order valence-electron chi connectivity index (χ4n) is 2.80. The van der Waals surface area contributed by atoms with Crippen molar-refractivity contribution in [3.05, 3.63) is 0 Å². The standard InChI is InChI=1S/C13H22BrNO2/c14-8-2-1-3-13(16)15-11-6-4-10-5-7-12(11)17-9-10/h10-12H,1-9H2,(H,15,16). The van der Waals surface area contributed by atoms with E-state index in [9.17, 15) is 4.79 Å². The zero-order chi connectivity index (χ0) is 12.1. The largest absolute Gasteiger partial charge is 0.376 e. The van der Waals surface area contributed by atoms with Crippen LogP contribution in [-0.4, -0.2) is 30.0 Å². The lowest BCUT2D eigenvalue weighted by molar-refractivity contribution is -0.123. The van der Waals surface area contributed by atoms with Gasteiger partial charge in [-0.05, 0) is 44.4 Å². The second kappa shape index (κ2) is 6.74. The number of hydrogen-bond donors (Lipinski definition) is 1. The minimum Gasteiger partial charge on any atom is -0.376 e. The van der Waals surface area contributed by atoms with E-state index in [0.717, 1.165) is 43.5 Å². The number of ether oxygens (including phenoxy) is 1. The van der Waals surface area contributed by atoms with Gasteiger partial charge in [-0.15, -0.1) is 0 Å². The maximum Gasteiger partial charge on any atom is 0.220 e. The number of carbonyl (C=O) groups excluding carboxylic acids is 1. The van der Waals surface area contributed by atoms with Crippen molar-refractivity contribution in [3.63, 3.8) is 0 Å². The molecule has 4 heteroatoms. The minimum absolute atomic E-state index is 0.199. The summed E-state index contributed by atoms with van der Waals surface area (Å²) in [6, 6.07) is 0.263. The smallest absolute Gasteiger partial charge is 0.220 e. The Labute approximate surface area is 112 Å². The number of alkyl halides is 1. The summed E-state index contributed by atoms with van der Waals surface area (Å²) < 4.78 is 5.82. The van der Waals surface area contributed by atoms with Crippen LogP contribution in [0.15, 0.2) is 0 Å². The second-order valence-electron chi connectivity index (χ2n) is 5.21. The van der Waals surface area contributed by atoms with Crippen LogP contribution in [0.25, 0.3) is 0 Å². The fraction of sp³-hybridized carbons (Fsp3) is 0.923. The first-order valence-electron chi connectivity index (χ1n) is 6.76. The van der Waals surface area contributed by atoms with Crippen LogP contribution in [-0.2, 0) is 9.53 Å². The number of rotatable bonds is 5. The summed E-state index contributed by atoms with van der Waals surface area (Å²) >= 11 is 3.38. The van der Waals surface area contributed by atoms with E-state index in [0.29, 0.717) is 6.42 Å². The summed E-state index contributed by atoms with van der Waals surface area (Å²) in [5, 5.41) is 4.15. The number of nitrogens with one attached hydrogen (secondary N) is 1. The number of halogens is 1. The molecule has 2 aliphatic heterocycles. The molecule has 3 rings (SSSR count). The summed E-state index contributed by atoms with van der Waals surface area (Å²) in [4.78, 5) is 11.8. The summed E-state index contributed by atoms with van der Waals surface area (Å²) in [6.45, 7) is 0.903. The predicted octanol–water partition coefficient (Wildman–Crippen LogP) is 2.63. The van der Waals surface area contributed by atoms with Gasteiger partial charge >= 0.3 is 0 Å². The molecule has 2 bridgehead atoms. The van der Waals surface area contributed by atoms with Crippen molar-refractivity contribution in [2.45, 2.75) is 57.1 Å². The molecule has 1 aliphatic carbocycles. The van der Waals surface area contributed by atoms with Crippen LogP contribution in [0.5, 0.6) is 0 Å². The molecule has 3 unspecified atom stereocenters. The highest BCUT2D eigenvalue weighted by Crippen LogP contribution is 2.31. The lowest BCUT2D eigenvalue weighted by Gasteiger charge is -2.28. The Morgan fingerprint density at radius 2 is 2.06 bits per heavy atom. The summed E-state index contributed by atoms with van der Waals surface area (Å²) in [7, 11) is 0. The van der Waals surface area contributed by atoms with Gasteiger partial charge in [0.05, 0.1) is 12.1 Å². The first kappa shape index (κ1) is 13.3.